The molecule has 136 valence electrons. The second kappa shape index (κ2) is 6.42. The van der Waals surface area contributed by atoms with Crippen LogP contribution in [-0.4, -0.2) is 48.8 Å². The summed E-state index contributed by atoms with van der Waals surface area (Å²) in [5, 5.41) is 9.32. The highest BCUT2D eigenvalue weighted by Gasteiger charge is 2.40. The van der Waals surface area contributed by atoms with E-state index in [4.69, 9.17) is 0 Å². The first-order valence-electron chi connectivity index (χ1n) is 8.39. The van der Waals surface area contributed by atoms with Gasteiger partial charge in [0.05, 0.1) is 10.8 Å². The van der Waals surface area contributed by atoms with Gasteiger partial charge in [-0.1, -0.05) is 6.07 Å². The number of carbonyl (C=O) groups is 2. The van der Waals surface area contributed by atoms with Crippen LogP contribution < -0.4 is 4.90 Å². The van der Waals surface area contributed by atoms with Gasteiger partial charge in [-0.2, -0.15) is 4.31 Å². The summed E-state index contributed by atoms with van der Waals surface area (Å²) in [7, 11) is -3.82. The number of anilines is 1. The number of amides is 1. The molecule has 2 heterocycles. The fraction of sp³-hybridized carbons (Fsp3) is 0.529. The Balaban J connectivity index is 1.97. The lowest BCUT2D eigenvalue weighted by Crippen LogP contribution is -2.49. The fourth-order valence-electron chi connectivity index (χ4n) is 3.76. The van der Waals surface area contributed by atoms with Gasteiger partial charge in [0.25, 0.3) is 0 Å². The smallest absolute Gasteiger partial charge is 0.308 e. The predicted molar refractivity (Wildman–Crippen MR) is 91.9 cm³/mol. The van der Waals surface area contributed by atoms with Crippen LogP contribution in [0.4, 0.5) is 5.69 Å². The number of carboxylic acid groups (broad SMARTS) is 1. The topological polar surface area (TPSA) is 95.0 Å². The average Bonchev–Trinajstić information content (AvgIpc) is 2.97. The van der Waals surface area contributed by atoms with Gasteiger partial charge in [-0.25, -0.2) is 8.42 Å². The van der Waals surface area contributed by atoms with Gasteiger partial charge < -0.3 is 10.0 Å². The van der Waals surface area contributed by atoms with Crippen molar-refractivity contribution in [1.82, 2.24) is 4.31 Å². The zero-order valence-electron chi connectivity index (χ0n) is 14.3. The van der Waals surface area contributed by atoms with E-state index in [1.54, 1.807) is 24.0 Å². The number of carbonyl (C=O) groups excluding carboxylic acids is 1. The first kappa shape index (κ1) is 17.9. The molecular weight excluding hydrogens is 344 g/mol. The van der Waals surface area contributed by atoms with Gasteiger partial charge in [0.15, 0.2) is 0 Å². The first-order chi connectivity index (χ1) is 11.7. The predicted octanol–water partition coefficient (Wildman–Crippen LogP) is 1.47. The van der Waals surface area contributed by atoms with E-state index >= 15 is 0 Å². The molecule has 0 radical (unpaired) electrons. The van der Waals surface area contributed by atoms with E-state index < -0.39 is 28.0 Å². The molecule has 0 aliphatic carbocycles. The van der Waals surface area contributed by atoms with Crippen molar-refractivity contribution in [3.63, 3.8) is 0 Å². The Kier molecular flexibility index (Phi) is 4.59. The van der Waals surface area contributed by atoms with E-state index in [9.17, 15) is 23.1 Å². The van der Waals surface area contributed by atoms with Gasteiger partial charge in [-0.15, -0.1) is 0 Å². The number of aliphatic carboxylic acids is 1. The van der Waals surface area contributed by atoms with Crippen molar-refractivity contribution >= 4 is 27.6 Å². The van der Waals surface area contributed by atoms with E-state index in [2.05, 4.69) is 0 Å². The Morgan fingerprint density at radius 1 is 1.24 bits per heavy atom. The molecule has 0 unspecified atom stereocenters. The highest BCUT2D eigenvalue weighted by atomic mass is 32.2. The molecule has 8 heteroatoms. The molecule has 1 aromatic rings. The Morgan fingerprint density at radius 3 is 2.60 bits per heavy atom. The number of nitrogens with zero attached hydrogens (tertiary/aromatic N) is 2. The van der Waals surface area contributed by atoms with Crippen molar-refractivity contribution in [3.8, 4) is 0 Å². The molecular formula is C17H22N2O5S. The second-order valence-corrected chi connectivity index (χ2v) is 8.55. The van der Waals surface area contributed by atoms with Crippen LogP contribution >= 0.6 is 0 Å². The summed E-state index contributed by atoms with van der Waals surface area (Å²) in [6.45, 7) is 3.96. The number of fused-ring (bicyclic) bond motifs is 1. The molecule has 3 rings (SSSR count). The van der Waals surface area contributed by atoms with Gasteiger partial charge in [0.2, 0.25) is 15.9 Å². The van der Waals surface area contributed by atoms with Crippen LogP contribution in [0.5, 0.6) is 0 Å². The van der Waals surface area contributed by atoms with Crippen molar-refractivity contribution in [1.29, 1.82) is 0 Å². The quantitative estimate of drug-likeness (QED) is 0.874. The highest BCUT2D eigenvalue weighted by Crippen LogP contribution is 2.34. The Morgan fingerprint density at radius 2 is 1.96 bits per heavy atom. The molecule has 25 heavy (non-hydrogen) atoms. The molecule has 0 bridgehead atoms. The summed E-state index contributed by atoms with van der Waals surface area (Å²) in [5.74, 6) is -1.79. The van der Waals surface area contributed by atoms with Crippen LogP contribution in [0.15, 0.2) is 23.1 Å². The Bertz CT molecular complexity index is 820. The van der Waals surface area contributed by atoms with Crippen molar-refractivity contribution < 1.29 is 23.1 Å². The number of hydrogen-bond donors (Lipinski definition) is 1. The third-order valence-corrected chi connectivity index (χ3v) is 7.17. The second-order valence-electron chi connectivity index (χ2n) is 6.65. The molecule has 1 aromatic carbocycles. The number of hydrogen-bond acceptors (Lipinski definition) is 4. The maximum Gasteiger partial charge on any atom is 0.308 e. The van der Waals surface area contributed by atoms with Crippen LogP contribution in [-0.2, 0) is 26.0 Å². The summed E-state index contributed by atoms with van der Waals surface area (Å²) in [6, 6.07) is 4.23. The minimum absolute atomic E-state index is 0.109. The van der Waals surface area contributed by atoms with Crippen LogP contribution in [0.1, 0.15) is 32.3 Å². The van der Waals surface area contributed by atoms with Crippen LogP contribution in [0.3, 0.4) is 0 Å². The van der Waals surface area contributed by atoms with E-state index in [0.717, 1.165) is 5.56 Å². The molecule has 1 amide bonds. The zero-order chi connectivity index (χ0) is 18.4. The van der Waals surface area contributed by atoms with Gasteiger partial charge in [-0.05, 0) is 43.9 Å². The first-order valence-corrected chi connectivity index (χ1v) is 9.83. The van der Waals surface area contributed by atoms with Crippen LogP contribution in [0, 0.1) is 5.92 Å². The lowest BCUT2D eigenvalue weighted by atomic mass is 9.92. The maximum absolute atomic E-state index is 13.1. The lowest BCUT2D eigenvalue weighted by Gasteiger charge is -2.36. The van der Waals surface area contributed by atoms with Gasteiger partial charge in [-0.3, -0.25) is 9.59 Å². The third kappa shape index (κ3) is 3.04. The Labute approximate surface area is 147 Å². The SMILES string of the molecule is CC(=O)N1CCc2ccc(S(=O)(=O)N3CCC[C@@H](C(=O)O)[C@H]3C)cc21. The summed E-state index contributed by atoms with van der Waals surface area (Å²) in [6.07, 6.45) is 1.70. The van der Waals surface area contributed by atoms with Crippen molar-refractivity contribution in [2.75, 3.05) is 18.0 Å². The monoisotopic (exact) mass is 366 g/mol. The van der Waals surface area contributed by atoms with E-state index in [0.29, 0.717) is 38.0 Å². The molecule has 1 N–H and O–H groups in total. The van der Waals surface area contributed by atoms with Gasteiger partial charge in [0, 0.05) is 31.7 Å². The Hall–Kier alpha value is -1.93. The highest BCUT2D eigenvalue weighted by molar-refractivity contribution is 7.89. The number of piperidine rings is 1. The molecule has 1 saturated heterocycles. The minimum Gasteiger partial charge on any atom is -0.481 e. The van der Waals surface area contributed by atoms with Gasteiger partial charge >= 0.3 is 5.97 Å². The fourth-order valence-corrected chi connectivity index (χ4v) is 5.49. The molecule has 0 spiro atoms. The van der Waals surface area contributed by atoms with E-state index in [-0.39, 0.29) is 10.8 Å². The molecule has 0 saturated carbocycles. The van der Waals surface area contributed by atoms with Crippen LogP contribution in [0.2, 0.25) is 0 Å². The van der Waals surface area contributed by atoms with Gasteiger partial charge in [0.1, 0.15) is 0 Å². The van der Waals surface area contributed by atoms with E-state index in [1.807, 2.05) is 0 Å². The molecule has 2 atom stereocenters. The molecule has 1 fully saturated rings. The minimum atomic E-state index is -3.82. The maximum atomic E-state index is 13.1. The number of sulfonamides is 1. The number of rotatable bonds is 3. The van der Waals surface area contributed by atoms with E-state index in [1.165, 1.54) is 17.3 Å². The number of benzene rings is 1. The summed E-state index contributed by atoms with van der Waals surface area (Å²) >= 11 is 0. The summed E-state index contributed by atoms with van der Waals surface area (Å²) in [4.78, 5) is 24.8. The average molecular weight is 366 g/mol. The largest absolute Gasteiger partial charge is 0.481 e. The van der Waals surface area contributed by atoms with Crippen molar-refractivity contribution in [3.05, 3.63) is 23.8 Å². The number of carboxylic acids is 1. The van der Waals surface area contributed by atoms with Crippen LogP contribution in [0.25, 0.3) is 0 Å². The van der Waals surface area contributed by atoms with Crippen molar-refractivity contribution in [2.45, 2.75) is 44.0 Å². The van der Waals surface area contributed by atoms with Crippen molar-refractivity contribution in [2.24, 2.45) is 5.92 Å². The summed E-state index contributed by atoms with van der Waals surface area (Å²) < 4.78 is 27.4. The molecule has 7 nitrogen and oxygen atoms in total. The normalized spacial score (nSPS) is 24.2. The standard InChI is InChI=1S/C17H22N2O5S/c1-11-15(17(21)22)4-3-8-19(11)25(23,24)14-6-5-13-7-9-18(12(2)20)16(13)10-14/h5-6,10-11,15H,3-4,7-9H2,1-2H3,(H,21,22)/t11-,15-/m1/s1. The molecule has 0 aromatic heterocycles. The lowest BCUT2D eigenvalue weighted by molar-refractivity contribution is -0.144. The zero-order valence-corrected chi connectivity index (χ0v) is 15.1. The summed E-state index contributed by atoms with van der Waals surface area (Å²) in [5.41, 5.74) is 1.58. The molecule has 2 aliphatic heterocycles. The molecule has 2 aliphatic rings. The third-order valence-electron chi connectivity index (χ3n) is 5.19.